The smallest absolute Gasteiger partial charge is 0.243 e. The van der Waals surface area contributed by atoms with E-state index in [9.17, 15) is 18.0 Å². The number of hydrogen-bond acceptors (Lipinski definition) is 6. The van der Waals surface area contributed by atoms with Crippen LogP contribution >= 0.6 is 0 Å². The average molecular weight is 525 g/mol. The van der Waals surface area contributed by atoms with Crippen molar-refractivity contribution in [2.45, 2.75) is 25.6 Å². The van der Waals surface area contributed by atoms with E-state index in [1.54, 1.807) is 43.8 Å². The molecule has 37 heavy (non-hydrogen) atoms. The molecule has 0 aliphatic rings. The van der Waals surface area contributed by atoms with Crippen molar-refractivity contribution in [3.8, 4) is 5.75 Å². The minimum Gasteiger partial charge on any atom is -0.497 e. The largest absolute Gasteiger partial charge is 0.497 e. The number of sulfonamides is 1. The summed E-state index contributed by atoms with van der Waals surface area (Å²) in [5.74, 6) is -0.164. The molecule has 3 aromatic rings. The first kappa shape index (κ1) is 27.8. The Bertz CT molecular complexity index is 1270. The number of nitrogens with one attached hydrogen (secondary N) is 1. The number of hydrogen-bond donors (Lipinski definition) is 1. The third-order valence-electron chi connectivity index (χ3n) is 5.92. The number of amides is 2. The van der Waals surface area contributed by atoms with Gasteiger partial charge in [0.15, 0.2) is 0 Å². The third kappa shape index (κ3) is 8.40. The second-order valence-corrected chi connectivity index (χ2v) is 10.8. The first-order valence-electron chi connectivity index (χ1n) is 11.7. The van der Waals surface area contributed by atoms with Crippen molar-refractivity contribution in [2.24, 2.45) is 0 Å². The van der Waals surface area contributed by atoms with Crippen LogP contribution in [0.4, 0.5) is 0 Å². The molecule has 0 aliphatic heterocycles. The van der Waals surface area contributed by atoms with Crippen LogP contribution in [-0.2, 0) is 39.1 Å². The molecule has 10 heteroatoms. The fraction of sp³-hybridized carbons (Fsp3) is 0.296. The lowest BCUT2D eigenvalue weighted by atomic mass is 10.0. The molecule has 0 radical (unpaired) electrons. The van der Waals surface area contributed by atoms with Crippen LogP contribution < -0.4 is 10.1 Å². The Hall–Kier alpha value is -3.76. The summed E-state index contributed by atoms with van der Waals surface area (Å²) in [6.07, 6.45) is 4.58. The minimum absolute atomic E-state index is 0.112. The molecule has 0 aliphatic carbocycles. The van der Waals surface area contributed by atoms with Gasteiger partial charge in [0, 0.05) is 39.0 Å². The van der Waals surface area contributed by atoms with Gasteiger partial charge in [-0.1, -0.05) is 42.5 Å². The summed E-state index contributed by atoms with van der Waals surface area (Å²) in [7, 11) is -0.695. The van der Waals surface area contributed by atoms with Gasteiger partial charge < -0.3 is 15.0 Å². The zero-order valence-corrected chi connectivity index (χ0v) is 22.0. The first-order chi connectivity index (χ1) is 17.7. The maximum atomic E-state index is 13.6. The fourth-order valence-corrected chi connectivity index (χ4v) is 4.03. The Labute approximate surface area is 218 Å². The van der Waals surface area contributed by atoms with Crippen LogP contribution in [0.5, 0.6) is 5.75 Å². The predicted octanol–water partition coefficient (Wildman–Crippen LogP) is 2.24. The maximum Gasteiger partial charge on any atom is 0.243 e. The number of nitrogens with zero attached hydrogens (tertiary/aromatic N) is 3. The van der Waals surface area contributed by atoms with E-state index in [-0.39, 0.29) is 25.4 Å². The van der Waals surface area contributed by atoms with E-state index < -0.39 is 28.5 Å². The number of rotatable bonds is 12. The number of likely N-dealkylation sites (N-methyl/N-ethyl adjacent to an activating group) is 1. The molecule has 196 valence electrons. The highest BCUT2D eigenvalue weighted by Crippen LogP contribution is 2.18. The van der Waals surface area contributed by atoms with Crippen LogP contribution in [0.1, 0.15) is 16.7 Å². The zero-order chi connectivity index (χ0) is 26.8. The quantitative estimate of drug-likeness (QED) is 0.389. The van der Waals surface area contributed by atoms with Gasteiger partial charge in [0.25, 0.3) is 0 Å². The molecule has 0 fully saturated rings. The maximum absolute atomic E-state index is 13.6. The Morgan fingerprint density at radius 2 is 1.59 bits per heavy atom. The van der Waals surface area contributed by atoms with E-state index in [1.165, 1.54) is 11.9 Å². The van der Waals surface area contributed by atoms with Gasteiger partial charge in [0.2, 0.25) is 21.8 Å². The summed E-state index contributed by atoms with van der Waals surface area (Å²) in [5, 5.41) is 2.93. The average Bonchev–Trinajstić information content (AvgIpc) is 2.90. The topological polar surface area (TPSA) is 109 Å². The lowest BCUT2D eigenvalue weighted by molar-refractivity contribution is -0.141. The molecule has 2 aromatic carbocycles. The molecule has 1 N–H and O–H groups in total. The van der Waals surface area contributed by atoms with Gasteiger partial charge >= 0.3 is 0 Å². The molecule has 0 bridgehead atoms. The molecule has 9 nitrogen and oxygen atoms in total. The SMILES string of the molecule is COc1ccc(CN(C(=O)CN(C)S(C)(=O)=O)C(Cc2ccccc2)C(=O)NCc2ccncc2)cc1. The molecule has 3 rings (SSSR count). The molecule has 1 unspecified atom stereocenters. The standard InChI is InChI=1S/C27H32N4O5S/c1-30(37(3,34)35)20-26(32)31(19-23-9-11-24(36-2)12-10-23)25(17-21-7-5-4-6-8-21)27(33)29-18-22-13-15-28-16-14-22/h4-16,25H,17-20H2,1-3H3,(H,29,33). The van der Waals surface area contributed by atoms with Crippen molar-refractivity contribution in [3.63, 3.8) is 0 Å². The highest BCUT2D eigenvalue weighted by molar-refractivity contribution is 7.88. The van der Waals surface area contributed by atoms with Gasteiger partial charge in [-0.2, -0.15) is 4.31 Å². The van der Waals surface area contributed by atoms with Gasteiger partial charge in [-0.25, -0.2) is 8.42 Å². The summed E-state index contributed by atoms with van der Waals surface area (Å²) in [4.78, 5) is 32.5. The van der Waals surface area contributed by atoms with Crippen molar-refractivity contribution in [1.82, 2.24) is 19.5 Å². The highest BCUT2D eigenvalue weighted by Gasteiger charge is 2.31. The van der Waals surface area contributed by atoms with Gasteiger partial charge in [-0.3, -0.25) is 14.6 Å². The third-order valence-corrected chi connectivity index (χ3v) is 7.18. The van der Waals surface area contributed by atoms with Crippen LogP contribution in [0.15, 0.2) is 79.1 Å². The van der Waals surface area contributed by atoms with Crippen molar-refractivity contribution >= 4 is 21.8 Å². The van der Waals surface area contributed by atoms with E-state index in [2.05, 4.69) is 10.3 Å². The second-order valence-electron chi connectivity index (χ2n) is 8.67. The van der Waals surface area contributed by atoms with Gasteiger partial charge in [0.1, 0.15) is 11.8 Å². The summed E-state index contributed by atoms with van der Waals surface area (Å²) in [6.45, 7) is -0.0149. The Balaban J connectivity index is 1.94. The summed E-state index contributed by atoms with van der Waals surface area (Å²) in [5.41, 5.74) is 2.51. The van der Waals surface area contributed by atoms with E-state index in [0.717, 1.165) is 27.3 Å². The van der Waals surface area contributed by atoms with E-state index in [4.69, 9.17) is 4.74 Å². The lowest BCUT2D eigenvalue weighted by Crippen LogP contribution is -2.52. The lowest BCUT2D eigenvalue weighted by Gasteiger charge is -2.32. The normalized spacial score (nSPS) is 12.1. The number of carbonyl (C=O) groups is 2. The van der Waals surface area contributed by atoms with Crippen LogP contribution in [0.3, 0.4) is 0 Å². The van der Waals surface area contributed by atoms with Crippen LogP contribution in [0.2, 0.25) is 0 Å². The van der Waals surface area contributed by atoms with Crippen molar-refractivity contribution in [3.05, 3.63) is 95.8 Å². The molecule has 1 heterocycles. The van der Waals surface area contributed by atoms with Gasteiger partial charge in [-0.15, -0.1) is 0 Å². The molecular weight excluding hydrogens is 492 g/mol. The summed E-state index contributed by atoms with van der Waals surface area (Å²) < 4.78 is 30.3. The van der Waals surface area contributed by atoms with Crippen molar-refractivity contribution < 1.29 is 22.7 Å². The minimum atomic E-state index is -3.60. The molecular formula is C27H32N4O5S. The fourth-order valence-electron chi connectivity index (χ4n) is 3.69. The monoisotopic (exact) mass is 524 g/mol. The molecule has 0 saturated carbocycles. The molecule has 2 amide bonds. The number of carbonyl (C=O) groups excluding carboxylic acids is 2. The summed E-state index contributed by atoms with van der Waals surface area (Å²) in [6, 6.07) is 19.3. The number of ether oxygens (including phenoxy) is 1. The van der Waals surface area contributed by atoms with Crippen molar-refractivity contribution in [1.29, 1.82) is 0 Å². The van der Waals surface area contributed by atoms with Gasteiger partial charge in [0.05, 0.1) is 19.9 Å². The molecule has 0 saturated heterocycles. The highest BCUT2D eigenvalue weighted by atomic mass is 32.2. The van der Waals surface area contributed by atoms with E-state index >= 15 is 0 Å². The Kier molecular flexibility index (Phi) is 9.76. The number of pyridine rings is 1. The first-order valence-corrected chi connectivity index (χ1v) is 13.6. The number of benzene rings is 2. The molecule has 1 atom stereocenters. The van der Waals surface area contributed by atoms with Gasteiger partial charge in [-0.05, 0) is 41.0 Å². The van der Waals surface area contributed by atoms with Crippen molar-refractivity contribution in [2.75, 3.05) is 27.0 Å². The van der Waals surface area contributed by atoms with Crippen LogP contribution in [0, 0.1) is 0 Å². The molecule has 0 spiro atoms. The Morgan fingerprint density at radius 3 is 2.19 bits per heavy atom. The second kappa shape index (κ2) is 13.0. The molecule has 1 aromatic heterocycles. The van der Waals surface area contributed by atoms with E-state index in [0.29, 0.717) is 5.75 Å². The van der Waals surface area contributed by atoms with Crippen LogP contribution in [-0.4, -0.2) is 67.4 Å². The van der Waals surface area contributed by atoms with Crippen LogP contribution in [0.25, 0.3) is 0 Å². The predicted molar refractivity (Wildman–Crippen MR) is 141 cm³/mol. The zero-order valence-electron chi connectivity index (χ0n) is 21.2. The Morgan fingerprint density at radius 1 is 0.946 bits per heavy atom. The summed E-state index contributed by atoms with van der Waals surface area (Å²) >= 11 is 0. The number of methoxy groups -OCH3 is 1. The van der Waals surface area contributed by atoms with E-state index in [1.807, 2.05) is 42.5 Å². The number of aromatic nitrogens is 1.